The lowest BCUT2D eigenvalue weighted by atomic mass is 10.3. The van der Waals surface area contributed by atoms with Gasteiger partial charge in [0.15, 0.2) is 5.13 Å². The minimum atomic E-state index is 0.717. The lowest BCUT2D eigenvalue weighted by Crippen LogP contribution is -2.46. The second-order valence-corrected chi connectivity index (χ2v) is 5.69. The monoisotopic (exact) mass is 285 g/mol. The number of thiazole rings is 1. The molecule has 5 nitrogen and oxygen atoms in total. The van der Waals surface area contributed by atoms with E-state index in [1.165, 1.54) is 17.0 Å². The number of pyridine rings is 1. The summed E-state index contributed by atoms with van der Waals surface area (Å²) in [7, 11) is 0. The van der Waals surface area contributed by atoms with E-state index in [0.717, 1.165) is 41.9 Å². The molecule has 1 aliphatic heterocycles. The van der Waals surface area contributed by atoms with Crippen LogP contribution in [0.5, 0.6) is 0 Å². The van der Waals surface area contributed by atoms with Gasteiger partial charge in [-0.05, 0) is 19.1 Å². The van der Waals surface area contributed by atoms with Gasteiger partial charge >= 0.3 is 0 Å². The van der Waals surface area contributed by atoms with Gasteiger partial charge in [-0.25, -0.2) is 4.98 Å². The molecule has 1 saturated heterocycles. The molecule has 102 valence electrons. The van der Waals surface area contributed by atoms with Crippen LogP contribution in [-0.4, -0.2) is 36.1 Å². The normalized spacial score (nSPS) is 15.2. The van der Waals surface area contributed by atoms with Crippen LogP contribution in [0.2, 0.25) is 0 Å². The fourth-order valence-electron chi connectivity index (χ4n) is 2.32. The Balaban J connectivity index is 1.68. The second-order valence-electron chi connectivity index (χ2n) is 4.71. The summed E-state index contributed by atoms with van der Waals surface area (Å²) in [6, 6.07) is 6.25. The molecule has 2 aromatic rings. The first-order valence-corrected chi connectivity index (χ1v) is 7.37. The molecule has 6 heteroatoms. The molecule has 0 atom stereocenters. The fourth-order valence-corrected chi connectivity index (χ4v) is 3.23. The number of aryl methyl sites for hydroxylation is 1. The van der Waals surface area contributed by atoms with Gasteiger partial charge in [0.05, 0.1) is 17.6 Å². The Morgan fingerprint density at radius 3 is 2.60 bits per heavy atom. The Morgan fingerprint density at radius 2 is 2.00 bits per heavy atom. The Labute approximate surface area is 122 Å². The van der Waals surface area contributed by atoms with Crippen molar-refractivity contribution in [3.05, 3.63) is 35.1 Å². The van der Waals surface area contributed by atoms with Gasteiger partial charge < -0.3 is 9.80 Å². The highest BCUT2D eigenvalue weighted by Crippen LogP contribution is 2.26. The highest BCUT2D eigenvalue weighted by Gasteiger charge is 2.20. The van der Waals surface area contributed by atoms with E-state index >= 15 is 0 Å². The van der Waals surface area contributed by atoms with Crippen molar-refractivity contribution in [1.29, 1.82) is 5.26 Å². The summed E-state index contributed by atoms with van der Waals surface area (Å²) in [5.74, 6) is 0. The topological polar surface area (TPSA) is 56.1 Å². The van der Waals surface area contributed by atoms with Crippen LogP contribution in [0.3, 0.4) is 0 Å². The molecule has 0 bridgehead atoms. The molecule has 0 spiro atoms. The maximum atomic E-state index is 9.01. The average molecular weight is 285 g/mol. The smallest absolute Gasteiger partial charge is 0.186 e. The van der Waals surface area contributed by atoms with Crippen LogP contribution in [-0.2, 0) is 0 Å². The van der Waals surface area contributed by atoms with Gasteiger partial charge in [-0.1, -0.05) is 11.3 Å². The summed E-state index contributed by atoms with van der Waals surface area (Å²) in [4.78, 5) is 14.0. The molecule has 1 aliphatic rings. The summed E-state index contributed by atoms with van der Waals surface area (Å²) in [6.07, 6.45) is 3.69. The van der Waals surface area contributed by atoms with E-state index in [2.05, 4.69) is 31.9 Å². The molecular weight excluding hydrogens is 270 g/mol. The first-order chi connectivity index (χ1) is 9.78. The van der Waals surface area contributed by atoms with Crippen LogP contribution in [0, 0.1) is 18.3 Å². The highest BCUT2D eigenvalue weighted by molar-refractivity contribution is 7.16. The first kappa shape index (κ1) is 12.9. The predicted octanol–water partition coefficient (Wildman–Crippen LogP) is 2.04. The molecule has 0 aliphatic carbocycles. The van der Waals surface area contributed by atoms with Gasteiger partial charge in [-0.3, -0.25) is 4.98 Å². The van der Waals surface area contributed by atoms with Gasteiger partial charge in [-0.15, -0.1) is 0 Å². The molecule has 1 fully saturated rings. The molecule has 0 amide bonds. The van der Waals surface area contributed by atoms with Crippen LogP contribution in [0.15, 0.2) is 24.5 Å². The predicted molar refractivity (Wildman–Crippen MR) is 80.2 cm³/mol. The molecule has 3 rings (SSSR count). The number of hydrogen-bond donors (Lipinski definition) is 0. The SMILES string of the molecule is Cc1nc(N2CCN(c3cccnc3)CC2)sc1C#N. The fraction of sp³-hybridized carbons (Fsp3) is 0.357. The van der Waals surface area contributed by atoms with Crippen molar-refractivity contribution in [3.63, 3.8) is 0 Å². The largest absolute Gasteiger partial charge is 0.367 e. The first-order valence-electron chi connectivity index (χ1n) is 6.55. The maximum Gasteiger partial charge on any atom is 0.186 e. The van der Waals surface area contributed by atoms with Crippen molar-refractivity contribution in [1.82, 2.24) is 9.97 Å². The number of nitriles is 1. The van der Waals surface area contributed by atoms with Gasteiger partial charge in [-0.2, -0.15) is 5.26 Å². The van der Waals surface area contributed by atoms with E-state index in [1.54, 1.807) is 6.20 Å². The van der Waals surface area contributed by atoms with Crippen LogP contribution >= 0.6 is 11.3 Å². The molecule has 0 radical (unpaired) electrons. The van der Waals surface area contributed by atoms with Gasteiger partial charge in [0.1, 0.15) is 10.9 Å². The summed E-state index contributed by atoms with van der Waals surface area (Å²) in [5.41, 5.74) is 2.00. The van der Waals surface area contributed by atoms with Crippen molar-refractivity contribution in [2.45, 2.75) is 6.92 Å². The minimum absolute atomic E-state index is 0.717. The zero-order valence-corrected chi connectivity index (χ0v) is 12.1. The van der Waals surface area contributed by atoms with E-state index < -0.39 is 0 Å². The Hall–Kier alpha value is -2.13. The zero-order chi connectivity index (χ0) is 13.9. The summed E-state index contributed by atoms with van der Waals surface area (Å²) in [5, 5.41) is 9.97. The van der Waals surface area contributed by atoms with Crippen molar-refractivity contribution < 1.29 is 0 Å². The van der Waals surface area contributed by atoms with Gasteiger partial charge in [0.2, 0.25) is 0 Å². The third kappa shape index (κ3) is 2.45. The van der Waals surface area contributed by atoms with Crippen molar-refractivity contribution in [2.75, 3.05) is 36.0 Å². The average Bonchev–Trinajstić information content (AvgIpc) is 2.89. The van der Waals surface area contributed by atoms with E-state index in [4.69, 9.17) is 5.26 Å². The van der Waals surface area contributed by atoms with Crippen molar-refractivity contribution >= 4 is 22.2 Å². The van der Waals surface area contributed by atoms with E-state index in [0.29, 0.717) is 0 Å². The summed E-state index contributed by atoms with van der Waals surface area (Å²) >= 11 is 1.49. The van der Waals surface area contributed by atoms with Crippen LogP contribution in [0.1, 0.15) is 10.6 Å². The Bertz CT molecular complexity index is 623. The third-order valence-electron chi connectivity index (χ3n) is 3.45. The zero-order valence-electron chi connectivity index (χ0n) is 11.3. The summed E-state index contributed by atoms with van der Waals surface area (Å²) < 4.78 is 0. The second kappa shape index (κ2) is 5.47. The number of piperazine rings is 1. The molecule has 2 aromatic heterocycles. The quantitative estimate of drug-likeness (QED) is 0.845. The maximum absolute atomic E-state index is 9.01. The van der Waals surface area contributed by atoms with Gasteiger partial charge in [0.25, 0.3) is 0 Å². The molecule has 0 unspecified atom stereocenters. The standard InChI is InChI=1S/C14H15N5S/c1-11-13(9-15)20-14(17-11)19-7-5-18(6-8-19)12-3-2-4-16-10-12/h2-4,10H,5-8H2,1H3. The molecule has 20 heavy (non-hydrogen) atoms. The Morgan fingerprint density at radius 1 is 1.25 bits per heavy atom. The number of nitrogens with zero attached hydrogens (tertiary/aromatic N) is 5. The van der Waals surface area contributed by atoms with E-state index in [1.807, 2.05) is 19.2 Å². The number of rotatable bonds is 2. The molecule has 3 heterocycles. The lowest BCUT2D eigenvalue weighted by molar-refractivity contribution is 0.651. The van der Waals surface area contributed by atoms with Crippen LogP contribution in [0.4, 0.5) is 10.8 Å². The third-order valence-corrected chi connectivity index (χ3v) is 4.57. The Kier molecular flexibility index (Phi) is 3.52. The highest BCUT2D eigenvalue weighted by atomic mass is 32.1. The van der Waals surface area contributed by atoms with E-state index in [9.17, 15) is 0 Å². The lowest BCUT2D eigenvalue weighted by Gasteiger charge is -2.35. The van der Waals surface area contributed by atoms with Crippen molar-refractivity contribution in [3.8, 4) is 6.07 Å². The minimum Gasteiger partial charge on any atom is -0.367 e. The molecular formula is C14H15N5S. The molecule has 0 saturated carbocycles. The summed E-state index contributed by atoms with van der Waals surface area (Å²) in [6.45, 7) is 5.64. The number of anilines is 2. The van der Waals surface area contributed by atoms with E-state index in [-0.39, 0.29) is 0 Å². The molecule has 0 aromatic carbocycles. The van der Waals surface area contributed by atoms with Crippen LogP contribution < -0.4 is 9.80 Å². The number of aromatic nitrogens is 2. The van der Waals surface area contributed by atoms with Gasteiger partial charge in [0, 0.05) is 32.4 Å². The van der Waals surface area contributed by atoms with Crippen LogP contribution in [0.25, 0.3) is 0 Å². The van der Waals surface area contributed by atoms with Crippen molar-refractivity contribution in [2.24, 2.45) is 0 Å². The number of hydrogen-bond acceptors (Lipinski definition) is 6. The molecule has 0 N–H and O–H groups in total.